The molecule has 0 aromatic carbocycles. The van der Waals surface area contributed by atoms with Crippen molar-refractivity contribution in [3.63, 3.8) is 0 Å². The Morgan fingerprint density at radius 3 is 1.38 bits per heavy atom. The van der Waals surface area contributed by atoms with Crippen molar-refractivity contribution in [2.75, 3.05) is 39.6 Å². The van der Waals surface area contributed by atoms with Crippen LogP contribution in [0.3, 0.4) is 0 Å². The zero-order valence-corrected chi connectivity index (χ0v) is 49.0. The van der Waals surface area contributed by atoms with E-state index in [0.29, 0.717) is 63.4 Å². The number of fused-ring (bicyclic) bond motifs is 3. The fourth-order valence-electron chi connectivity index (χ4n) is 16.3. The van der Waals surface area contributed by atoms with Gasteiger partial charge in [0.05, 0.1) is 50.7 Å². The van der Waals surface area contributed by atoms with Crippen LogP contribution in [0.4, 0.5) is 0 Å². The van der Waals surface area contributed by atoms with E-state index >= 15 is 0 Å². The number of carbonyl (C=O) groups excluding carboxylic acids is 1. The number of rotatable bonds is 18. The number of aliphatic hydroxyl groups excluding tert-OH is 20. The molecule has 0 aromatic heterocycles. The highest BCUT2D eigenvalue weighted by Gasteiger charge is 2.70. The van der Waals surface area contributed by atoms with E-state index in [9.17, 15) is 107 Å². The Labute approximate surface area is 509 Å². The van der Waals surface area contributed by atoms with Gasteiger partial charge in [-0.15, -0.1) is 0 Å². The maximum atomic E-state index is 14.8. The predicted octanol–water partition coefficient (Wildman–Crippen LogP) is -9.47. The largest absolute Gasteiger partial charge is 0.432 e. The zero-order valence-electron chi connectivity index (χ0n) is 49.0. The highest BCUT2D eigenvalue weighted by atomic mass is 16.8. The van der Waals surface area contributed by atoms with Crippen LogP contribution in [0.5, 0.6) is 0 Å². The Kier molecular flexibility index (Phi) is 21.4. The highest BCUT2D eigenvalue weighted by molar-refractivity contribution is 5.77. The Balaban J connectivity index is 0.766. The average molecular weight is 1290 g/mol. The fourth-order valence-corrected chi connectivity index (χ4v) is 16.3. The summed E-state index contributed by atoms with van der Waals surface area (Å²) in [6, 6.07) is 0. The average Bonchev–Trinajstić information content (AvgIpc) is 1.63. The van der Waals surface area contributed by atoms with Crippen LogP contribution in [0.15, 0.2) is 12.2 Å². The van der Waals surface area contributed by atoms with Gasteiger partial charge < -0.3 is 159 Å². The third kappa shape index (κ3) is 12.5. The molecule has 0 amide bonds. The molecule has 10 rings (SSSR count). The Hall–Kier alpha value is -2.03. The van der Waals surface area contributed by atoms with Gasteiger partial charge in [0.2, 0.25) is 6.29 Å². The van der Waals surface area contributed by atoms with E-state index in [0.717, 1.165) is 0 Å². The molecule has 33 heteroatoms. The summed E-state index contributed by atoms with van der Waals surface area (Å²) in [7, 11) is 0. The molecule has 6 heterocycles. The molecule has 36 unspecified atom stereocenters. The van der Waals surface area contributed by atoms with E-state index in [1.165, 1.54) is 0 Å². The van der Waals surface area contributed by atoms with E-state index in [1.807, 2.05) is 0 Å². The minimum atomic E-state index is -2.07. The van der Waals surface area contributed by atoms with Crippen molar-refractivity contribution in [2.45, 2.75) is 261 Å². The first-order valence-corrected chi connectivity index (χ1v) is 30.4. The van der Waals surface area contributed by atoms with E-state index in [1.54, 1.807) is 6.92 Å². The van der Waals surface area contributed by atoms with Gasteiger partial charge in [0.25, 0.3) is 0 Å². The quantitative estimate of drug-likeness (QED) is 0.0344. The lowest BCUT2D eigenvalue weighted by Gasteiger charge is -2.64. The van der Waals surface area contributed by atoms with Crippen LogP contribution < -0.4 is 0 Å². The van der Waals surface area contributed by atoms with Crippen molar-refractivity contribution in [1.82, 2.24) is 0 Å². The molecule has 36 atom stereocenters. The van der Waals surface area contributed by atoms with Crippen LogP contribution in [-0.2, 0) is 61.6 Å². The standard InChI is InChI=1S/C56H90O33/c1-19-11-55-9-5-26-53(2,27(55)6-10-56(19,18-55)89-51-45(37(70)30(63)22(14-59)82-51)87-48-41(74)34(67)29(62)21(13-58)81-48)7-4-8-54(26,3)52(77)88-50-43(76)38(71)44(23(15-60)83-50)86-49-42(75)36(69)32(65)25(85-49)17-79-47-40(73)35(68)31(64)24(84-47)16-78-46-39(72)33(66)28(61)20(12-57)80-46/h20-51,57-76H,1,4-18H2,2-3H3. The molecule has 6 aliphatic heterocycles. The van der Waals surface area contributed by atoms with Gasteiger partial charge in [0, 0.05) is 0 Å². The summed E-state index contributed by atoms with van der Waals surface area (Å²) in [6.07, 6.45) is -48.5. The molecule has 89 heavy (non-hydrogen) atoms. The molecule has 1 spiro atoms. The molecule has 512 valence electrons. The number of ether oxygens (including phenoxy) is 12. The number of hydrogen-bond acceptors (Lipinski definition) is 33. The highest BCUT2D eigenvalue weighted by Crippen LogP contribution is 2.74. The van der Waals surface area contributed by atoms with Gasteiger partial charge in [-0.05, 0) is 86.5 Å². The zero-order chi connectivity index (χ0) is 64.7. The van der Waals surface area contributed by atoms with Crippen molar-refractivity contribution in [3.8, 4) is 0 Å². The topological polar surface area (TPSA) is 532 Å². The van der Waals surface area contributed by atoms with Gasteiger partial charge >= 0.3 is 5.97 Å². The summed E-state index contributed by atoms with van der Waals surface area (Å²) in [5.74, 6) is -1.09. The normalized spacial score (nSPS) is 54.5. The molecule has 20 N–H and O–H groups in total. The van der Waals surface area contributed by atoms with Crippen molar-refractivity contribution in [3.05, 3.63) is 12.2 Å². The molecule has 2 bridgehead atoms. The number of carbonyl (C=O) groups is 1. The van der Waals surface area contributed by atoms with E-state index in [2.05, 4.69) is 13.5 Å². The van der Waals surface area contributed by atoms with Crippen LogP contribution in [0, 0.1) is 28.1 Å². The summed E-state index contributed by atoms with van der Waals surface area (Å²) < 4.78 is 69.9. The smallest absolute Gasteiger partial charge is 0.314 e. The van der Waals surface area contributed by atoms with E-state index in [-0.39, 0.29) is 11.8 Å². The summed E-state index contributed by atoms with van der Waals surface area (Å²) >= 11 is 0. The second-order valence-corrected chi connectivity index (χ2v) is 26.5. The van der Waals surface area contributed by atoms with Crippen LogP contribution in [0.25, 0.3) is 0 Å². The van der Waals surface area contributed by atoms with Gasteiger partial charge in [-0.25, -0.2) is 0 Å². The Bertz CT molecular complexity index is 2400. The van der Waals surface area contributed by atoms with Crippen molar-refractivity contribution >= 4 is 5.97 Å². The summed E-state index contributed by atoms with van der Waals surface area (Å²) in [5, 5.41) is 213. The monoisotopic (exact) mass is 1290 g/mol. The molecule has 6 saturated heterocycles. The van der Waals surface area contributed by atoms with Crippen LogP contribution >= 0.6 is 0 Å². The maximum Gasteiger partial charge on any atom is 0.314 e. The second kappa shape index (κ2) is 27.2. The second-order valence-electron chi connectivity index (χ2n) is 26.5. The third-order valence-corrected chi connectivity index (χ3v) is 21.3. The van der Waals surface area contributed by atoms with E-state index < -0.39 is 252 Å². The first-order valence-electron chi connectivity index (χ1n) is 30.4. The maximum absolute atomic E-state index is 14.8. The first-order chi connectivity index (χ1) is 42.0. The van der Waals surface area contributed by atoms with Crippen LogP contribution in [0.1, 0.15) is 71.6 Å². The summed E-state index contributed by atoms with van der Waals surface area (Å²) in [5.41, 5.74) is -2.53. The molecular weight excluding hydrogens is 1200 g/mol. The molecule has 10 aliphatic rings. The molecule has 4 saturated carbocycles. The Morgan fingerprint density at radius 2 is 0.854 bits per heavy atom. The lowest BCUT2D eigenvalue weighted by molar-refractivity contribution is -0.378. The summed E-state index contributed by atoms with van der Waals surface area (Å²) in [6.45, 7) is 3.70. The number of esters is 1. The fraction of sp³-hybridized carbons (Fsp3) is 0.946. The van der Waals surface area contributed by atoms with Gasteiger partial charge in [0.15, 0.2) is 31.5 Å². The van der Waals surface area contributed by atoms with Gasteiger partial charge in [-0.1, -0.05) is 19.9 Å². The van der Waals surface area contributed by atoms with Crippen molar-refractivity contribution < 1.29 is 164 Å². The number of aliphatic hydroxyl groups is 20. The summed E-state index contributed by atoms with van der Waals surface area (Å²) in [4.78, 5) is 14.8. The van der Waals surface area contributed by atoms with Crippen molar-refractivity contribution in [1.29, 1.82) is 0 Å². The lowest BCUT2D eigenvalue weighted by Crippen LogP contribution is -2.66. The molecule has 33 nitrogen and oxygen atoms in total. The van der Waals surface area contributed by atoms with Crippen LogP contribution in [0.2, 0.25) is 0 Å². The van der Waals surface area contributed by atoms with Gasteiger partial charge in [-0.2, -0.15) is 0 Å². The van der Waals surface area contributed by atoms with Gasteiger partial charge in [-0.3, -0.25) is 4.79 Å². The van der Waals surface area contributed by atoms with Crippen LogP contribution in [-0.4, -0.2) is 338 Å². The third-order valence-electron chi connectivity index (χ3n) is 21.3. The Morgan fingerprint density at radius 1 is 0.449 bits per heavy atom. The molecule has 10 fully saturated rings. The lowest BCUT2D eigenvalue weighted by atomic mass is 9.41. The molecule has 0 aromatic rings. The molecule has 4 aliphatic carbocycles. The first kappa shape index (κ1) is 69.8. The van der Waals surface area contributed by atoms with E-state index in [4.69, 9.17) is 56.8 Å². The number of hydrogen-bond donors (Lipinski definition) is 20. The minimum Gasteiger partial charge on any atom is -0.432 e. The SMILES string of the molecule is C=C1CC23CCC4C(C)(C(=O)OC5OC(CO)C(OC6OC(COC7OC(COC8OC(CO)C(O)C(O)C8O)C(O)C(O)C7O)C(O)C(O)C6O)C(O)C5O)CCCC4(C)C2CCC1(OC1OC(CO)C(O)C(O)C1OC1OC(CO)C(O)C(O)C1O)C3. The van der Waals surface area contributed by atoms with Gasteiger partial charge in [0.1, 0.15) is 146 Å². The minimum absolute atomic E-state index is 0.0243. The molecule has 0 radical (unpaired) electrons. The molecular formula is C56H90O33. The predicted molar refractivity (Wildman–Crippen MR) is 284 cm³/mol. The van der Waals surface area contributed by atoms with Crippen molar-refractivity contribution in [2.24, 2.45) is 28.1 Å².